The molecular formula is C16H24O2. The Bertz CT molecular complexity index is 382. The normalized spacial score (nSPS) is 12.5. The third-order valence-corrected chi connectivity index (χ3v) is 2.95. The molecule has 100 valence electrons. The van der Waals surface area contributed by atoms with Crippen LogP contribution >= 0.6 is 0 Å². The highest BCUT2D eigenvalue weighted by atomic mass is 16.5. The quantitative estimate of drug-likeness (QED) is 0.723. The van der Waals surface area contributed by atoms with Gasteiger partial charge in [-0.3, -0.25) is 0 Å². The Morgan fingerprint density at radius 3 is 2.50 bits per heavy atom. The number of Topliss-reactive ketones (excluding diaryl/α,β-unsaturated/α-hetero) is 1. The Balaban J connectivity index is 2.71. The average molecular weight is 248 g/mol. The Morgan fingerprint density at radius 1 is 1.22 bits per heavy atom. The molecule has 1 atom stereocenters. The molecule has 1 aromatic rings. The molecular weight excluding hydrogens is 224 g/mol. The minimum Gasteiger partial charge on any atom is -0.493 e. The fourth-order valence-corrected chi connectivity index (χ4v) is 1.85. The Labute approximate surface area is 110 Å². The first kappa shape index (κ1) is 14.7. The summed E-state index contributed by atoms with van der Waals surface area (Å²) in [6.45, 7) is 8.81. The number of ketones is 1. The van der Waals surface area contributed by atoms with Gasteiger partial charge >= 0.3 is 0 Å². The third-order valence-electron chi connectivity index (χ3n) is 2.95. The van der Waals surface area contributed by atoms with Crippen molar-refractivity contribution in [1.29, 1.82) is 0 Å². The summed E-state index contributed by atoms with van der Waals surface area (Å²) in [6, 6.07) is 8.14. The van der Waals surface area contributed by atoms with Gasteiger partial charge in [-0.25, -0.2) is 0 Å². The van der Waals surface area contributed by atoms with E-state index >= 15 is 0 Å². The van der Waals surface area contributed by atoms with Gasteiger partial charge in [0, 0.05) is 6.42 Å². The number of hydrogen-bond acceptors (Lipinski definition) is 2. The van der Waals surface area contributed by atoms with Crippen LogP contribution in [0.4, 0.5) is 0 Å². The number of para-hydroxylation sites is 1. The number of rotatable bonds is 7. The maximum absolute atomic E-state index is 11.0. The topological polar surface area (TPSA) is 26.3 Å². The molecule has 0 aliphatic heterocycles. The molecule has 0 spiro atoms. The van der Waals surface area contributed by atoms with Crippen molar-refractivity contribution in [2.45, 2.75) is 46.5 Å². The van der Waals surface area contributed by atoms with Crippen molar-refractivity contribution in [2.24, 2.45) is 5.92 Å². The minimum atomic E-state index is 0.252. The first-order chi connectivity index (χ1) is 8.50. The molecule has 0 aliphatic rings. The van der Waals surface area contributed by atoms with E-state index < -0.39 is 0 Å². The van der Waals surface area contributed by atoms with Gasteiger partial charge in [-0.05, 0) is 36.8 Å². The van der Waals surface area contributed by atoms with E-state index in [0.29, 0.717) is 18.3 Å². The van der Waals surface area contributed by atoms with Gasteiger partial charge in [0.25, 0.3) is 0 Å². The minimum absolute atomic E-state index is 0.252. The zero-order valence-corrected chi connectivity index (χ0v) is 11.9. The first-order valence-corrected chi connectivity index (χ1v) is 6.72. The van der Waals surface area contributed by atoms with Crippen molar-refractivity contribution in [1.82, 2.24) is 0 Å². The molecule has 1 rings (SSSR count). The zero-order chi connectivity index (χ0) is 13.5. The summed E-state index contributed by atoms with van der Waals surface area (Å²) in [7, 11) is 0. The van der Waals surface area contributed by atoms with E-state index in [4.69, 9.17) is 4.74 Å². The van der Waals surface area contributed by atoms with Crippen molar-refractivity contribution in [2.75, 3.05) is 6.61 Å². The highest BCUT2D eigenvalue weighted by molar-refractivity contribution is 5.75. The van der Waals surface area contributed by atoms with Crippen molar-refractivity contribution in [3.8, 4) is 5.75 Å². The Morgan fingerprint density at radius 2 is 1.89 bits per heavy atom. The highest BCUT2D eigenvalue weighted by Gasteiger charge is 2.12. The van der Waals surface area contributed by atoms with Crippen molar-refractivity contribution in [3.05, 3.63) is 29.8 Å². The standard InChI is InChI=1S/C16H24O2/c1-12(2)11-18-16-8-6-5-7-15(16)13(3)9-10-14(4)17/h5-8,12-13H,9-11H2,1-4H3. The lowest BCUT2D eigenvalue weighted by molar-refractivity contribution is -0.117. The lowest BCUT2D eigenvalue weighted by atomic mass is 9.94. The Kier molecular flexibility index (Phi) is 5.90. The molecule has 0 bridgehead atoms. The molecule has 2 nitrogen and oxygen atoms in total. The van der Waals surface area contributed by atoms with Crippen LogP contribution in [0, 0.1) is 5.92 Å². The van der Waals surface area contributed by atoms with Gasteiger partial charge in [0.1, 0.15) is 11.5 Å². The molecule has 0 N–H and O–H groups in total. The second kappa shape index (κ2) is 7.20. The maximum Gasteiger partial charge on any atom is 0.129 e. The average Bonchev–Trinajstić information content (AvgIpc) is 2.33. The van der Waals surface area contributed by atoms with Crippen molar-refractivity contribution >= 4 is 5.78 Å². The highest BCUT2D eigenvalue weighted by Crippen LogP contribution is 2.29. The fraction of sp³-hybridized carbons (Fsp3) is 0.562. The fourth-order valence-electron chi connectivity index (χ4n) is 1.85. The van der Waals surface area contributed by atoms with E-state index in [9.17, 15) is 4.79 Å². The monoisotopic (exact) mass is 248 g/mol. The lowest BCUT2D eigenvalue weighted by Crippen LogP contribution is -2.07. The largest absolute Gasteiger partial charge is 0.493 e. The van der Waals surface area contributed by atoms with E-state index in [1.807, 2.05) is 18.2 Å². The van der Waals surface area contributed by atoms with Crippen LogP contribution < -0.4 is 4.74 Å². The van der Waals surface area contributed by atoms with E-state index in [1.54, 1.807) is 6.92 Å². The molecule has 0 amide bonds. The van der Waals surface area contributed by atoms with E-state index in [1.165, 1.54) is 5.56 Å². The van der Waals surface area contributed by atoms with Crippen LogP contribution in [-0.2, 0) is 4.79 Å². The summed E-state index contributed by atoms with van der Waals surface area (Å²) >= 11 is 0. The van der Waals surface area contributed by atoms with Crippen LogP contribution in [0.25, 0.3) is 0 Å². The smallest absolute Gasteiger partial charge is 0.129 e. The van der Waals surface area contributed by atoms with Gasteiger partial charge in [-0.1, -0.05) is 39.0 Å². The summed E-state index contributed by atoms with van der Waals surface area (Å²) in [5.41, 5.74) is 1.21. The molecule has 2 heteroatoms. The van der Waals surface area contributed by atoms with Crippen LogP contribution in [0.5, 0.6) is 5.75 Å². The lowest BCUT2D eigenvalue weighted by Gasteiger charge is -2.17. The predicted molar refractivity (Wildman–Crippen MR) is 75.1 cm³/mol. The summed E-state index contributed by atoms with van der Waals surface area (Å²) in [6.07, 6.45) is 1.52. The Hall–Kier alpha value is -1.31. The summed E-state index contributed by atoms with van der Waals surface area (Å²) in [4.78, 5) is 11.0. The molecule has 0 radical (unpaired) electrons. The van der Waals surface area contributed by atoms with Crippen molar-refractivity contribution < 1.29 is 9.53 Å². The van der Waals surface area contributed by atoms with Gasteiger partial charge in [-0.15, -0.1) is 0 Å². The molecule has 0 aliphatic carbocycles. The molecule has 0 saturated heterocycles. The second-order valence-electron chi connectivity index (χ2n) is 5.38. The third kappa shape index (κ3) is 4.91. The number of carbonyl (C=O) groups excluding carboxylic acids is 1. The van der Waals surface area contributed by atoms with Crippen LogP contribution in [0.2, 0.25) is 0 Å². The molecule has 0 heterocycles. The summed E-state index contributed by atoms with van der Waals surface area (Å²) in [5, 5.41) is 0. The van der Waals surface area contributed by atoms with E-state index in [-0.39, 0.29) is 5.78 Å². The summed E-state index contributed by atoms with van der Waals surface area (Å²) in [5.74, 6) is 2.09. The van der Waals surface area contributed by atoms with Crippen molar-refractivity contribution in [3.63, 3.8) is 0 Å². The van der Waals surface area contributed by atoms with Crippen LogP contribution in [0.3, 0.4) is 0 Å². The number of hydrogen-bond donors (Lipinski definition) is 0. The first-order valence-electron chi connectivity index (χ1n) is 6.72. The van der Waals surface area contributed by atoms with Gasteiger partial charge in [-0.2, -0.15) is 0 Å². The molecule has 1 unspecified atom stereocenters. The molecule has 18 heavy (non-hydrogen) atoms. The number of ether oxygens (including phenoxy) is 1. The molecule has 0 aromatic heterocycles. The van der Waals surface area contributed by atoms with E-state index in [0.717, 1.165) is 18.8 Å². The number of carbonyl (C=O) groups is 1. The second-order valence-corrected chi connectivity index (χ2v) is 5.38. The van der Waals surface area contributed by atoms with Crippen LogP contribution in [0.15, 0.2) is 24.3 Å². The van der Waals surface area contributed by atoms with Crippen LogP contribution in [0.1, 0.15) is 52.0 Å². The number of benzene rings is 1. The molecule has 0 fully saturated rings. The van der Waals surface area contributed by atoms with Gasteiger partial charge in [0.15, 0.2) is 0 Å². The van der Waals surface area contributed by atoms with Gasteiger partial charge in [0.05, 0.1) is 6.61 Å². The van der Waals surface area contributed by atoms with Crippen LogP contribution in [-0.4, -0.2) is 12.4 Å². The summed E-state index contributed by atoms with van der Waals surface area (Å²) < 4.78 is 5.84. The van der Waals surface area contributed by atoms with Gasteiger partial charge in [0.2, 0.25) is 0 Å². The van der Waals surface area contributed by atoms with Gasteiger partial charge < -0.3 is 9.53 Å². The zero-order valence-electron chi connectivity index (χ0n) is 11.9. The molecule has 0 saturated carbocycles. The molecule has 1 aromatic carbocycles. The maximum atomic E-state index is 11.0. The van der Waals surface area contributed by atoms with E-state index in [2.05, 4.69) is 26.8 Å². The predicted octanol–water partition coefficient (Wildman–Crippen LogP) is 4.19. The SMILES string of the molecule is CC(=O)CCC(C)c1ccccc1OCC(C)C.